The molecule has 0 bridgehead atoms. The van der Waals surface area contributed by atoms with Gasteiger partial charge in [-0.15, -0.1) is 0 Å². The van der Waals surface area contributed by atoms with Crippen molar-refractivity contribution >= 4 is 5.91 Å². The van der Waals surface area contributed by atoms with Crippen molar-refractivity contribution in [3.63, 3.8) is 0 Å². The average Bonchev–Trinajstić information content (AvgIpc) is 2.50. The molecule has 0 aromatic heterocycles. The van der Waals surface area contributed by atoms with E-state index < -0.39 is 5.41 Å². The lowest BCUT2D eigenvalue weighted by molar-refractivity contribution is -0.125. The van der Waals surface area contributed by atoms with Crippen LogP contribution >= 0.6 is 0 Å². The van der Waals surface area contributed by atoms with Crippen LogP contribution in [-0.2, 0) is 10.2 Å². The highest BCUT2D eigenvalue weighted by Gasteiger charge is 2.30. The molecule has 1 aromatic rings. The number of carbonyl (C=O) groups is 1. The second kappa shape index (κ2) is 7.31. The first-order valence-corrected chi connectivity index (χ1v) is 7.07. The van der Waals surface area contributed by atoms with Crippen LogP contribution in [0.1, 0.15) is 26.3 Å². The van der Waals surface area contributed by atoms with Crippen LogP contribution in [0.4, 0.5) is 0 Å². The largest absolute Gasteiger partial charge is 0.493 e. The van der Waals surface area contributed by atoms with Crippen molar-refractivity contribution in [2.45, 2.75) is 26.2 Å². The third kappa shape index (κ3) is 4.11. The van der Waals surface area contributed by atoms with E-state index in [4.69, 9.17) is 15.2 Å². The number of ether oxygens (including phenoxy) is 2. The van der Waals surface area contributed by atoms with E-state index in [0.29, 0.717) is 24.6 Å². The van der Waals surface area contributed by atoms with Crippen molar-refractivity contribution in [2.75, 3.05) is 27.3 Å². The summed E-state index contributed by atoms with van der Waals surface area (Å²) in [6.07, 6.45) is 0. The van der Waals surface area contributed by atoms with E-state index in [1.54, 1.807) is 14.2 Å². The molecule has 1 aromatic carbocycles. The second-order valence-corrected chi connectivity index (χ2v) is 5.75. The minimum Gasteiger partial charge on any atom is -0.493 e. The lowest BCUT2D eigenvalue weighted by Crippen LogP contribution is -2.42. The SMILES string of the molecule is COc1ccc(C(C)(C)C(=O)NCC(C)CN)cc1OC. The summed E-state index contributed by atoms with van der Waals surface area (Å²) in [6.45, 7) is 6.90. The van der Waals surface area contributed by atoms with Crippen LogP contribution in [-0.4, -0.2) is 33.2 Å². The minimum atomic E-state index is -0.659. The molecule has 0 radical (unpaired) electrons. The molecule has 0 aliphatic carbocycles. The van der Waals surface area contributed by atoms with Gasteiger partial charge in [-0.05, 0) is 44.0 Å². The predicted molar refractivity (Wildman–Crippen MR) is 83.8 cm³/mol. The normalized spacial score (nSPS) is 12.7. The van der Waals surface area contributed by atoms with Gasteiger partial charge in [0.15, 0.2) is 11.5 Å². The summed E-state index contributed by atoms with van der Waals surface area (Å²) in [6, 6.07) is 5.53. The van der Waals surface area contributed by atoms with E-state index in [9.17, 15) is 4.79 Å². The zero-order chi connectivity index (χ0) is 16.0. The van der Waals surface area contributed by atoms with Gasteiger partial charge in [0.2, 0.25) is 5.91 Å². The maximum absolute atomic E-state index is 12.4. The van der Waals surface area contributed by atoms with Gasteiger partial charge in [0.25, 0.3) is 0 Å². The van der Waals surface area contributed by atoms with Crippen molar-refractivity contribution in [3.8, 4) is 11.5 Å². The molecule has 21 heavy (non-hydrogen) atoms. The van der Waals surface area contributed by atoms with Crippen LogP contribution in [0, 0.1) is 5.92 Å². The van der Waals surface area contributed by atoms with Gasteiger partial charge in [-0.1, -0.05) is 13.0 Å². The zero-order valence-electron chi connectivity index (χ0n) is 13.5. The third-order valence-electron chi connectivity index (χ3n) is 3.69. The number of benzene rings is 1. The predicted octanol–water partition coefficient (Wildman–Crippen LogP) is 1.69. The van der Waals surface area contributed by atoms with Crippen molar-refractivity contribution in [1.29, 1.82) is 0 Å². The summed E-state index contributed by atoms with van der Waals surface area (Å²) in [7, 11) is 3.17. The van der Waals surface area contributed by atoms with Crippen LogP contribution < -0.4 is 20.5 Å². The first-order valence-electron chi connectivity index (χ1n) is 7.07. The fourth-order valence-electron chi connectivity index (χ4n) is 1.93. The summed E-state index contributed by atoms with van der Waals surface area (Å²) in [5.74, 6) is 1.49. The van der Waals surface area contributed by atoms with Gasteiger partial charge >= 0.3 is 0 Å². The lowest BCUT2D eigenvalue weighted by Gasteiger charge is -2.26. The number of nitrogens with two attached hydrogens (primary N) is 1. The van der Waals surface area contributed by atoms with E-state index in [-0.39, 0.29) is 11.8 Å². The Bertz CT molecular complexity index is 486. The van der Waals surface area contributed by atoms with Gasteiger partial charge in [0, 0.05) is 6.54 Å². The third-order valence-corrected chi connectivity index (χ3v) is 3.69. The summed E-state index contributed by atoms with van der Waals surface area (Å²) < 4.78 is 10.5. The number of rotatable bonds is 7. The van der Waals surface area contributed by atoms with Crippen molar-refractivity contribution in [1.82, 2.24) is 5.32 Å². The molecule has 3 N–H and O–H groups in total. The Morgan fingerprint density at radius 2 is 1.90 bits per heavy atom. The number of amides is 1. The van der Waals surface area contributed by atoms with Crippen molar-refractivity contribution < 1.29 is 14.3 Å². The Labute approximate surface area is 126 Å². The van der Waals surface area contributed by atoms with Gasteiger partial charge in [-0.25, -0.2) is 0 Å². The van der Waals surface area contributed by atoms with Gasteiger partial charge in [0.1, 0.15) is 0 Å². The summed E-state index contributed by atoms with van der Waals surface area (Å²) in [5, 5.41) is 2.95. The summed E-state index contributed by atoms with van der Waals surface area (Å²) >= 11 is 0. The molecule has 1 atom stereocenters. The second-order valence-electron chi connectivity index (χ2n) is 5.75. The van der Waals surface area contributed by atoms with Crippen molar-refractivity contribution in [3.05, 3.63) is 23.8 Å². The Morgan fingerprint density at radius 1 is 1.29 bits per heavy atom. The number of nitrogens with one attached hydrogen (secondary N) is 1. The molecule has 1 unspecified atom stereocenters. The van der Waals surface area contributed by atoms with Crippen LogP contribution in [0.5, 0.6) is 11.5 Å². The molecule has 5 heteroatoms. The number of methoxy groups -OCH3 is 2. The number of hydrogen-bond acceptors (Lipinski definition) is 4. The minimum absolute atomic E-state index is 0.0324. The molecular formula is C16H26N2O3. The van der Waals surface area contributed by atoms with Gasteiger partial charge in [-0.3, -0.25) is 4.79 Å². The van der Waals surface area contributed by atoms with Crippen LogP contribution in [0.15, 0.2) is 18.2 Å². The first kappa shape index (κ1) is 17.3. The number of carbonyl (C=O) groups excluding carboxylic acids is 1. The molecule has 1 rings (SSSR count). The molecule has 0 saturated heterocycles. The Kier molecular flexibility index (Phi) is 6.03. The Morgan fingerprint density at radius 3 is 2.43 bits per heavy atom. The van der Waals surface area contributed by atoms with Crippen LogP contribution in [0.3, 0.4) is 0 Å². The highest BCUT2D eigenvalue weighted by molar-refractivity contribution is 5.87. The first-order chi connectivity index (χ1) is 9.86. The van der Waals surface area contributed by atoms with E-state index >= 15 is 0 Å². The molecule has 0 aliphatic rings. The molecule has 0 heterocycles. The zero-order valence-corrected chi connectivity index (χ0v) is 13.5. The maximum Gasteiger partial charge on any atom is 0.230 e. The quantitative estimate of drug-likeness (QED) is 0.802. The van der Waals surface area contributed by atoms with Crippen LogP contribution in [0.25, 0.3) is 0 Å². The highest BCUT2D eigenvalue weighted by atomic mass is 16.5. The summed E-state index contributed by atoms with van der Waals surface area (Å²) in [4.78, 5) is 12.4. The molecule has 0 spiro atoms. The molecule has 118 valence electrons. The van der Waals surface area contributed by atoms with Gasteiger partial charge in [0.05, 0.1) is 19.6 Å². The summed E-state index contributed by atoms with van der Waals surface area (Å²) in [5.41, 5.74) is 5.78. The Balaban J connectivity index is 2.93. The van der Waals surface area contributed by atoms with Crippen LogP contribution in [0.2, 0.25) is 0 Å². The molecule has 0 fully saturated rings. The van der Waals surface area contributed by atoms with E-state index in [0.717, 1.165) is 5.56 Å². The fraction of sp³-hybridized carbons (Fsp3) is 0.562. The maximum atomic E-state index is 12.4. The molecule has 0 aliphatic heterocycles. The van der Waals surface area contributed by atoms with Gasteiger partial charge in [-0.2, -0.15) is 0 Å². The van der Waals surface area contributed by atoms with Crippen molar-refractivity contribution in [2.24, 2.45) is 11.7 Å². The fourth-order valence-corrected chi connectivity index (χ4v) is 1.93. The number of hydrogen-bond donors (Lipinski definition) is 2. The van der Waals surface area contributed by atoms with E-state index in [2.05, 4.69) is 5.32 Å². The molecule has 5 nitrogen and oxygen atoms in total. The smallest absolute Gasteiger partial charge is 0.230 e. The average molecular weight is 294 g/mol. The molecule has 0 saturated carbocycles. The molecular weight excluding hydrogens is 268 g/mol. The molecule has 1 amide bonds. The standard InChI is InChI=1S/C16H26N2O3/c1-11(9-17)10-18-15(19)16(2,3)12-6-7-13(20-4)14(8-12)21-5/h6-8,11H,9-10,17H2,1-5H3,(H,18,19). The topological polar surface area (TPSA) is 73.6 Å². The monoisotopic (exact) mass is 294 g/mol. The Hall–Kier alpha value is -1.75. The van der Waals surface area contributed by atoms with E-state index in [1.165, 1.54) is 0 Å². The van der Waals surface area contributed by atoms with Gasteiger partial charge < -0.3 is 20.5 Å². The lowest BCUT2D eigenvalue weighted by atomic mass is 9.83. The van der Waals surface area contributed by atoms with E-state index in [1.807, 2.05) is 39.0 Å². The highest BCUT2D eigenvalue weighted by Crippen LogP contribution is 2.33.